The van der Waals surface area contributed by atoms with Gasteiger partial charge in [0.25, 0.3) is 11.5 Å². The molecule has 52 heavy (non-hydrogen) atoms. The molecule has 0 radical (unpaired) electrons. The van der Waals surface area contributed by atoms with Gasteiger partial charge >= 0.3 is 29.6 Å². The number of benzene rings is 2. The number of carbonyl (C=O) groups excluding carboxylic acids is 5. The molecule has 0 aliphatic carbocycles. The molecule has 0 amide bonds. The van der Waals surface area contributed by atoms with Crippen molar-refractivity contribution in [2.24, 2.45) is 0 Å². The fourth-order valence-electron chi connectivity index (χ4n) is 4.97. The van der Waals surface area contributed by atoms with E-state index in [1.165, 1.54) is 31.4 Å². The summed E-state index contributed by atoms with van der Waals surface area (Å²) >= 11 is 6.13. The standard InChI is InChI=1S/C34H27ClFN3O13/c1-17(40)48-16-27-26(49-18(2)41)13-29(50-27)38-15-24(36)31(43)39(34(38)46)30(42)20-5-4-6-21(11-20)33(45)52-28-12-25(23(35)14-37-28)51-32(44)19-7-9-22(47-3)10-8-19/h4-12,14-15,26-27,29H,13,16H2,1-3H3/t26-,27+,29+/m0/s1. The summed E-state index contributed by atoms with van der Waals surface area (Å²) in [5.41, 5.74) is -3.37. The van der Waals surface area contributed by atoms with Crippen molar-refractivity contribution in [3.63, 3.8) is 0 Å². The number of methoxy groups -OCH3 is 1. The van der Waals surface area contributed by atoms with Crippen LogP contribution in [-0.4, -0.2) is 69.8 Å². The van der Waals surface area contributed by atoms with Crippen LogP contribution in [0.1, 0.15) is 57.6 Å². The molecule has 1 aliphatic rings. The van der Waals surface area contributed by atoms with Gasteiger partial charge in [-0.25, -0.2) is 19.4 Å². The zero-order chi connectivity index (χ0) is 37.7. The van der Waals surface area contributed by atoms with E-state index in [0.29, 0.717) is 16.5 Å². The highest BCUT2D eigenvalue weighted by atomic mass is 35.5. The third kappa shape index (κ3) is 8.39. The van der Waals surface area contributed by atoms with Crippen molar-refractivity contribution in [3.05, 3.63) is 115 Å². The second kappa shape index (κ2) is 15.8. The van der Waals surface area contributed by atoms with Gasteiger partial charge < -0.3 is 28.4 Å². The Bertz CT molecular complexity index is 2180. The number of nitrogens with zero attached hydrogens (tertiary/aromatic N) is 3. The lowest BCUT2D eigenvalue weighted by molar-refractivity contribution is -0.155. The van der Waals surface area contributed by atoms with Crippen molar-refractivity contribution in [1.29, 1.82) is 0 Å². The predicted octanol–water partition coefficient (Wildman–Crippen LogP) is 3.12. The molecule has 4 aromatic rings. The number of esters is 4. The van der Waals surface area contributed by atoms with Crippen LogP contribution in [0.3, 0.4) is 0 Å². The van der Waals surface area contributed by atoms with Crippen molar-refractivity contribution in [1.82, 2.24) is 14.1 Å². The van der Waals surface area contributed by atoms with Crippen LogP contribution in [-0.2, 0) is 23.8 Å². The molecular weight excluding hydrogens is 713 g/mol. The third-order valence-corrected chi connectivity index (χ3v) is 7.68. The van der Waals surface area contributed by atoms with Gasteiger partial charge in [-0.2, -0.15) is 8.96 Å². The van der Waals surface area contributed by atoms with Gasteiger partial charge in [0.1, 0.15) is 35.8 Å². The first kappa shape index (κ1) is 37.1. The Kier molecular flexibility index (Phi) is 11.2. The van der Waals surface area contributed by atoms with Gasteiger partial charge in [0.2, 0.25) is 11.7 Å². The minimum absolute atomic E-state index is 0.00751. The minimum atomic E-state index is -1.59. The van der Waals surface area contributed by atoms with E-state index in [0.717, 1.165) is 38.2 Å². The van der Waals surface area contributed by atoms with Crippen molar-refractivity contribution < 1.29 is 56.8 Å². The summed E-state index contributed by atoms with van der Waals surface area (Å²) in [5.74, 6) is -6.04. The second-order valence-corrected chi connectivity index (χ2v) is 11.4. The van der Waals surface area contributed by atoms with E-state index in [-0.39, 0.29) is 50.9 Å². The van der Waals surface area contributed by atoms with E-state index in [9.17, 15) is 38.0 Å². The molecule has 18 heteroatoms. The Labute approximate surface area is 297 Å². The van der Waals surface area contributed by atoms with E-state index in [1.807, 2.05) is 0 Å². The highest BCUT2D eigenvalue weighted by Gasteiger charge is 2.40. The fraction of sp³-hybridized carbons (Fsp3) is 0.235. The molecule has 0 bridgehead atoms. The molecule has 270 valence electrons. The number of carbonyl (C=O) groups is 5. The smallest absolute Gasteiger partial charge is 0.344 e. The van der Waals surface area contributed by atoms with Crippen LogP contribution in [0.5, 0.6) is 17.4 Å². The summed E-state index contributed by atoms with van der Waals surface area (Å²) in [5, 5.41) is -0.0785. The first-order valence-electron chi connectivity index (χ1n) is 15.1. The topological polar surface area (TPSA) is 198 Å². The largest absolute Gasteiger partial charge is 0.497 e. The number of hydrogen-bond donors (Lipinski definition) is 0. The van der Waals surface area contributed by atoms with Gasteiger partial charge in [-0.3, -0.25) is 23.7 Å². The molecule has 0 N–H and O–H groups in total. The Balaban J connectivity index is 1.36. The van der Waals surface area contributed by atoms with E-state index < -0.39 is 65.3 Å². The number of aromatic nitrogens is 3. The highest BCUT2D eigenvalue weighted by Crippen LogP contribution is 2.31. The van der Waals surface area contributed by atoms with Crippen LogP contribution in [0.2, 0.25) is 5.02 Å². The molecular formula is C34H27ClFN3O13. The van der Waals surface area contributed by atoms with Gasteiger partial charge in [-0.15, -0.1) is 0 Å². The quantitative estimate of drug-likeness (QED) is 0.215. The SMILES string of the molecule is COc1ccc(C(=O)Oc2cc(OC(=O)c3cccc(C(=O)n4c(=O)c(F)cn([C@H]5C[C@H](OC(C)=O)[C@@H](COC(C)=O)O5)c4=O)c3)ncc2Cl)cc1. The third-order valence-electron chi connectivity index (χ3n) is 7.40. The molecule has 1 fully saturated rings. The summed E-state index contributed by atoms with van der Waals surface area (Å²) in [6.07, 6.45) is -2.04. The summed E-state index contributed by atoms with van der Waals surface area (Å²) in [7, 11) is 1.47. The number of hydrogen-bond acceptors (Lipinski definition) is 14. The van der Waals surface area contributed by atoms with Crippen LogP contribution in [0.25, 0.3) is 0 Å². The number of halogens is 2. The average Bonchev–Trinajstić information content (AvgIpc) is 3.51. The van der Waals surface area contributed by atoms with Gasteiger partial charge in [0, 0.05) is 31.9 Å². The van der Waals surface area contributed by atoms with Crippen molar-refractivity contribution in [2.75, 3.05) is 13.7 Å². The minimum Gasteiger partial charge on any atom is -0.497 e. The lowest BCUT2D eigenvalue weighted by atomic mass is 10.1. The maximum atomic E-state index is 14.9. The predicted molar refractivity (Wildman–Crippen MR) is 174 cm³/mol. The number of rotatable bonds is 10. The summed E-state index contributed by atoms with van der Waals surface area (Å²) < 4.78 is 47.1. The summed E-state index contributed by atoms with van der Waals surface area (Å²) in [6, 6.07) is 11.8. The normalized spacial score (nSPS) is 16.4. The van der Waals surface area contributed by atoms with Crippen molar-refractivity contribution in [3.8, 4) is 17.4 Å². The first-order chi connectivity index (χ1) is 24.7. The number of ether oxygens (including phenoxy) is 6. The maximum Gasteiger partial charge on any atom is 0.344 e. The van der Waals surface area contributed by atoms with E-state index in [1.54, 1.807) is 12.1 Å². The molecule has 1 aliphatic heterocycles. The van der Waals surface area contributed by atoms with Gasteiger partial charge in [0.15, 0.2) is 5.75 Å². The van der Waals surface area contributed by atoms with Crippen LogP contribution in [0.15, 0.2) is 76.6 Å². The Morgan fingerprint density at radius 2 is 1.63 bits per heavy atom. The molecule has 2 aromatic heterocycles. The van der Waals surface area contributed by atoms with Crippen LogP contribution in [0, 0.1) is 5.82 Å². The monoisotopic (exact) mass is 739 g/mol. The lowest BCUT2D eigenvalue weighted by Gasteiger charge is -2.18. The van der Waals surface area contributed by atoms with Crippen molar-refractivity contribution in [2.45, 2.75) is 38.7 Å². The number of pyridine rings is 1. The van der Waals surface area contributed by atoms with E-state index in [2.05, 4.69) is 4.98 Å². The molecule has 2 aromatic carbocycles. The van der Waals surface area contributed by atoms with Gasteiger partial charge in [0.05, 0.1) is 30.6 Å². The van der Waals surface area contributed by atoms with Gasteiger partial charge in [-0.1, -0.05) is 17.7 Å². The zero-order valence-electron chi connectivity index (χ0n) is 27.4. The zero-order valence-corrected chi connectivity index (χ0v) is 28.2. The van der Waals surface area contributed by atoms with Crippen molar-refractivity contribution >= 4 is 41.4 Å². The molecule has 1 saturated heterocycles. The first-order valence-corrected chi connectivity index (χ1v) is 15.5. The summed E-state index contributed by atoms with van der Waals surface area (Å²) in [6.45, 7) is 1.89. The molecule has 3 atom stereocenters. The Hall–Kier alpha value is -6.20. The molecule has 16 nitrogen and oxygen atoms in total. The second-order valence-electron chi connectivity index (χ2n) is 11.0. The van der Waals surface area contributed by atoms with E-state index in [4.69, 9.17) is 40.0 Å². The Morgan fingerprint density at radius 3 is 2.31 bits per heavy atom. The molecule has 0 saturated carbocycles. The molecule has 3 heterocycles. The van der Waals surface area contributed by atoms with Crippen LogP contribution in [0.4, 0.5) is 4.39 Å². The van der Waals surface area contributed by atoms with Gasteiger partial charge in [-0.05, 0) is 42.5 Å². The van der Waals surface area contributed by atoms with Crippen LogP contribution < -0.4 is 25.5 Å². The Morgan fingerprint density at radius 1 is 0.942 bits per heavy atom. The molecule has 0 spiro atoms. The van der Waals surface area contributed by atoms with Crippen LogP contribution >= 0.6 is 11.6 Å². The lowest BCUT2D eigenvalue weighted by Crippen LogP contribution is -2.46. The highest BCUT2D eigenvalue weighted by molar-refractivity contribution is 6.32. The fourth-order valence-corrected chi connectivity index (χ4v) is 5.11. The maximum absolute atomic E-state index is 14.9. The molecule has 5 rings (SSSR count). The summed E-state index contributed by atoms with van der Waals surface area (Å²) in [4.78, 5) is 92.3. The molecule has 0 unspecified atom stereocenters. The van der Waals surface area contributed by atoms with E-state index >= 15 is 0 Å². The average molecular weight is 740 g/mol.